The molecule has 4 aromatic rings. The summed E-state index contributed by atoms with van der Waals surface area (Å²) in [6.45, 7) is 4.77. The molecule has 3 aromatic carbocycles. The van der Waals surface area contributed by atoms with Crippen molar-refractivity contribution in [3.05, 3.63) is 95.1 Å². The maximum atomic E-state index is 9.90. The van der Waals surface area contributed by atoms with Crippen molar-refractivity contribution >= 4 is 28.5 Å². The van der Waals surface area contributed by atoms with Gasteiger partial charge in [-0.1, -0.05) is 55.8 Å². The molecule has 4 rings (SSSR count). The summed E-state index contributed by atoms with van der Waals surface area (Å²) in [6.07, 6.45) is 1.09. The number of carbonyl (C=O) groups is 1. The Kier molecular flexibility index (Phi) is 10.6. The third-order valence-corrected chi connectivity index (χ3v) is 5.66. The minimum atomic E-state index is -0.696. The van der Waals surface area contributed by atoms with E-state index in [2.05, 4.69) is 11.1 Å². The minimum Gasteiger partial charge on any atom is -0.496 e. The predicted molar refractivity (Wildman–Crippen MR) is 147 cm³/mol. The zero-order valence-corrected chi connectivity index (χ0v) is 22.1. The number of methoxy groups -OCH3 is 1. The van der Waals surface area contributed by atoms with Crippen LogP contribution in [0.4, 0.5) is 0 Å². The van der Waals surface area contributed by atoms with Crippen molar-refractivity contribution in [2.24, 2.45) is 5.92 Å². The topological polar surface area (TPSA) is 77.9 Å². The largest absolute Gasteiger partial charge is 0.496 e. The van der Waals surface area contributed by atoms with Gasteiger partial charge < -0.3 is 19.3 Å². The van der Waals surface area contributed by atoms with Gasteiger partial charge in [-0.3, -0.25) is 4.79 Å². The van der Waals surface area contributed by atoms with E-state index in [1.807, 2.05) is 80.6 Å². The monoisotopic (exact) mass is 521 g/mol. The number of para-hydroxylation sites is 1. The molecule has 1 heterocycles. The van der Waals surface area contributed by atoms with Gasteiger partial charge in [0.25, 0.3) is 0 Å². The van der Waals surface area contributed by atoms with Crippen LogP contribution in [0, 0.1) is 5.92 Å². The average molecular weight is 522 g/mol. The van der Waals surface area contributed by atoms with Crippen LogP contribution < -0.4 is 14.2 Å². The number of carboxylic acid groups (broad SMARTS) is 1. The summed E-state index contributed by atoms with van der Waals surface area (Å²) < 4.78 is 17.2. The molecule has 0 fully saturated rings. The first kappa shape index (κ1) is 27.8. The van der Waals surface area contributed by atoms with E-state index in [0.29, 0.717) is 36.3 Å². The van der Waals surface area contributed by atoms with E-state index >= 15 is 0 Å². The quantitative estimate of drug-likeness (QED) is 0.232. The van der Waals surface area contributed by atoms with Crippen LogP contribution in [0.15, 0.2) is 78.9 Å². The summed E-state index contributed by atoms with van der Waals surface area (Å²) in [5, 5.41) is 9.92. The first-order valence-corrected chi connectivity index (χ1v) is 12.5. The highest BCUT2D eigenvalue weighted by atomic mass is 35.5. The SMILES string of the molecule is CC(C)CCC(=O)O.COc1ccc(Cl)cc1COc1cccc(OCc2ccc3ccccc3n2)c1. The normalized spacial score (nSPS) is 10.5. The second-order valence-corrected chi connectivity index (χ2v) is 9.27. The lowest BCUT2D eigenvalue weighted by atomic mass is 10.1. The number of halogens is 1. The number of fused-ring (bicyclic) bond motifs is 1. The number of hydrogen-bond acceptors (Lipinski definition) is 5. The van der Waals surface area contributed by atoms with E-state index in [9.17, 15) is 4.79 Å². The number of rotatable bonds is 10. The minimum absolute atomic E-state index is 0.303. The summed E-state index contributed by atoms with van der Waals surface area (Å²) in [5.41, 5.74) is 2.71. The van der Waals surface area contributed by atoms with Crippen molar-refractivity contribution in [1.29, 1.82) is 0 Å². The summed E-state index contributed by atoms with van der Waals surface area (Å²) in [6, 6.07) is 25.1. The van der Waals surface area contributed by atoms with Gasteiger partial charge in [0, 0.05) is 28.5 Å². The maximum absolute atomic E-state index is 9.90. The molecular formula is C30H32ClNO5. The van der Waals surface area contributed by atoms with Crippen molar-refractivity contribution in [2.45, 2.75) is 39.9 Å². The molecule has 37 heavy (non-hydrogen) atoms. The Morgan fingerprint density at radius 3 is 2.32 bits per heavy atom. The van der Waals surface area contributed by atoms with E-state index in [0.717, 1.165) is 40.1 Å². The first-order chi connectivity index (χ1) is 17.8. The zero-order chi connectivity index (χ0) is 26.6. The molecule has 0 bridgehead atoms. The molecule has 1 aromatic heterocycles. The molecular weight excluding hydrogens is 490 g/mol. The lowest BCUT2D eigenvalue weighted by molar-refractivity contribution is -0.137. The molecule has 194 valence electrons. The molecule has 0 spiro atoms. The molecule has 0 aliphatic rings. The van der Waals surface area contributed by atoms with E-state index in [-0.39, 0.29) is 0 Å². The number of benzene rings is 3. The van der Waals surface area contributed by atoms with Gasteiger partial charge >= 0.3 is 5.97 Å². The molecule has 0 saturated carbocycles. The highest BCUT2D eigenvalue weighted by molar-refractivity contribution is 6.30. The van der Waals surface area contributed by atoms with Crippen LogP contribution in [0.5, 0.6) is 17.2 Å². The molecule has 0 aliphatic heterocycles. The fraction of sp³-hybridized carbons (Fsp3) is 0.267. The van der Waals surface area contributed by atoms with Gasteiger partial charge in [0.05, 0.1) is 18.3 Å². The van der Waals surface area contributed by atoms with Crippen LogP contribution >= 0.6 is 11.6 Å². The molecule has 0 aliphatic carbocycles. The van der Waals surface area contributed by atoms with Crippen molar-refractivity contribution in [3.8, 4) is 17.2 Å². The Hall–Kier alpha value is -3.77. The number of aliphatic carboxylic acids is 1. The Balaban J connectivity index is 0.000000414. The van der Waals surface area contributed by atoms with Gasteiger partial charge in [0.15, 0.2) is 0 Å². The fourth-order valence-electron chi connectivity index (χ4n) is 3.43. The molecule has 0 radical (unpaired) electrons. The smallest absolute Gasteiger partial charge is 0.303 e. The number of hydrogen-bond donors (Lipinski definition) is 1. The Morgan fingerprint density at radius 1 is 0.919 bits per heavy atom. The lowest BCUT2D eigenvalue weighted by Gasteiger charge is -2.12. The summed E-state index contributed by atoms with van der Waals surface area (Å²) in [4.78, 5) is 14.5. The van der Waals surface area contributed by atoms with E-state index in [1.54, 1.807) is 13.2 Å². The maximum Gasteiger partial charge on any atom is 0.303 e. The zero-order valence-electron chi connectivity index (χ0n) is 21.3. The number of nitrogens with zero attached hydrogens (tertiary/aromatic N) is 1. The van der Waals surface area contributed by atoms with Gasteiger partial charge in [-0.15, -0.1) is 0 Å². The molecule has 0 atom stereocenters. The van der Waals surface area contributed by atoms with Crippen LogP contribution in [0.1, 0.15) is 37.9 Å². The van der Waals surface area contributed by atoms with E-state index < -0.39 is 5.97 Å². The fourth-order valence-corrected chi connectivity index (χ4v) is 3.63. The van der Waals surface area contributed by atoms with Crippen LogP contribution in [-0.4, -0.2) is 23.2 Å². The molecule has 0 saturated heterocycles. The number of pyridine rings is 1. The van der Waals surface area contributed by atoms with Crippen molar-refractivity contribution in [2.75, 3.05) is 7.11 Å². The van der Waals surface area contributed by atoms with Gasteiger partial charge in [0.1, 0.15) is 30.5 Å². The standard InChI is InChI=1S/C24H20ClNO3.C6H12O2/c1-27-24-12-10-19(25)13-18(24)15-28-21-6-4-7-22(14-21)29-16-20-11-9-17-5-2-3-8-23(17)26-20;1-5(2)3-4-6(7)8/h2-14H,15-16H2,1H3;5H,3-4H2,1-2H3,(H,7,8). The highest BCUT2D eigenvalue weighted by Crippen LogP contribution is 2.26. The second kappa shape index (κ2) is 14.1. The highest BCUT2D eigenvalue weighted by Gasteiger charge is 2.06. The molecule has 0 unspecified atom stereocenters. The number of carboxylic acids is 1. The molecule has 1 N–H and O–H groups in total. The van der Waals surface area contributed by atoms with Gasteiger partial charge in [-0.25, -0.2) is 4.98 Å². The third-order valence-electron chi connectivity index (χ3n) is 5.42. The first-order valence-electron chi connectivity index (χ1n) is 12.1. The van der Waals surface area contributed by atoms with Crippen molar-refractivity contribution in [1.82, 2.24) is 4.98 Å². The van der Waals surface area contributed by atoms with Crippen LogP contribution in [-0.2, 0) is 18.0 Å². The Morgan fingerprint density at radius 2 is 1.65 bits per heavy atom. The van der Waals surface area contributed by atoms with E-state index in [4.69, 9.17) is 30.9 Å². The Labute approximate surface area is 222 Å². The number of ether oxygens (including phenoxy) is 3. The number of aromatic nitrogens is 1. The second-order valence-electron chi connectivity index (χ2n) is 8.83. The Bertz CT molecular complexity index is 1310. The van der Waals surface area contributed by atoms with Crippen molar-refractivity contribution < 1.29 is 24.1 Å². The van der Waals surface area contributed by atoms with Crippen molar-refractivity contribution in [3.63, 3.8) is 0 Å². The van der Waals surface area contributed by atoms with Gasteiger partial charge in [-0.05, 0) is 54.8 Å². The molecule has 6 nitrogen and oxygen atoms in total. The summed E-state index contributed by atoms with van der Waals surface area (Å²) in [7, 11) is 1.63. The van der Waals surface area contributed by atoms with Crippen LogP contribution in [0.25, 0.3) is 10.9 Å². The predicted octanol–water partition coefficient (Wildman–Crippen LogP) is 7.56. The lowest BCUT2D eigenvalue weighted by Crippen LogP contribution is -2.00. The van der Waals surface area contributed by atoms with Gasteiger partial charge in [0.2, 0.25) is 0 Å². The van der Waals surface area contributed by atoms with Crippen LogP contribution in [0.3, 0.4) is 0 Å². The molecule has 7 heteroatoms. The molecule has 0 amide bonds. The van der Waals surface area contributed by atoms with Gasteiger partial charge in [-0.2, -0.15) is 0 Å². The average Bonchev–Trinajstić information content (AvgIpc) is 2.90. The van der Waals surface area contributed by atoms with Crippen LogP contribution in [0.2, 0.25) is 5.02 Å². The van der Waals surface area contributed by atoms with E-state index in [1.165, 1.54) is 0 Å². The summed E-state index contributed by atoms with van der Waals surface area (Å²) >= 11 is 6.08. The third kappa shape index (κ3) is 9.32. The summed E-state index contributed by atoms with van der Waals surface area (Å²) in [5.74, 6) is 1.97.